The Balaban J connectivity index is 2.00. The lowest BCUT2D eigenvalue weighted by molar-refractivity contribution is -0.124. The molecular weight excluding hydrogens is 389 g/mol. The molecule has 1 aromatic heterocycles. The number of aromatic nitrogens is 2. The molecule has 0 aliphatic rings. The highest BCUT2D eigenvalue weighted by atomic mass is 35.5. The fraction of sp³-hybridized carbons (Fsp3) is 0.421. The zero-order valence-electron chi connectivity index (χ0n) is 15.6. The molecule has 8 heteroatoms. The summed E-state index contributed by atoms with van der Waals surface area (Å²) in [4.78, 5) is 24.1. The number of amides is 1. The molecule has 146 valence electrons. The van der Waals surface area contributed by atoms with E-state index in [0.717, 1.165) is 12.0 Å². The average Bonchev–Trinajstić information content (AvgIpc) is 2.88. The topological polar surface area (TPSA) is 73.2 Å². The average molecular weight is 412 g/mol. The van der Waals surface area contributed by atoms with Crippen molar-refractivity contribution in [2.75, 3.05) is 13.2 Å². The molecule has 0 unspecified atom stereocenters. The van der Waals surface area contributed by atoms with Gasteiger partial charge >= 0.3 is 5.97 Å². The molecule has 2 rings (SSSR count). The van der Waals surface area contributed by atoms with E-state index in [-0.39, 0.29) is 23.2 Å². The number of carbonyl (C=O) groups excluding carboxylic acids is 2. The predicted molar refractivity (Wildman–Crippen MR) is 105 cm³/mol. The normalized spacial score (nSPS) is 10.9. The third-order valence-corrected chi connectivity index (χ3v) is 4.68. The van der Waals surface area contributed by atoms with Crippen molar-refractivity contribution in [2.24, 2.45) is 5.92 Å². The molecule has 0 aliphatic heterocycles. The second-order valence-corrected chi connectivity index (χ2v) is 7.37. The fourth-order valence-corrected chi connectivity index (χ4v) is 2.94. The second-order valence-electron chi connectivity index (χ2n) is 6.61. The van der Waals surface area contributed by atoms with Gasteiger partial charge in [0.25, 0.3) is 5.91 Å². The van der Waals surface area contributed by atoms with Crippen molar-refractivity contribution in [3.63, 3.8) is 0 Å². The van der Waals surface area contributed by atoms with Crippen molar-refractivity contribution in [3.05, 3.63) is 51.3 Å². The first kappa shape index (κ1) is 21.3. The Morgan fingerprint density at radius 1 is 1.26 bits per heavy atom. The predicted octanol–water partition coefficient (Wildman–Crippen LogP) is 3.87. The van der Waals surface area contributed by atoms with Crippen LogP contribution in [0.1, 0.15) is 41.9 Å². The summed E-state index contributed by atoms with van der Waals surface area (Å²) in [6.45, 7) is 6.30. The summed E-state index contributed by atoms with van der Waals surface area (Å²) in [5.41, 5.74) is 1.41. The molecule has 0 atom stereocenters. The highest BCUT2D eigenvalue weighted by Gasteiger charge is 2.22. The van der Waals surface area contributed by atoms with Crippen LogP contribution < -0.4 is 5.32 Å². The van der Waals surface area contributed by atoms with Crippen molar-refractivity contribution in [3.8, 4) is 0 Å². The SMILES string of the molecule is Cc1nn(Cc2ccccc2Cl)c(Cl)c1C(=O)OCC(=O)NCCC(C)C. The van der Waals surface area contributed by atoms with Crippen LogP contribution in [0, 0.1) is 12.8 Å². The minimum atomic E-state index is -0.679. The molecule has 1 amide bonds. The standard InChI is InChI=1S/C19H23Cl2N3O3/c1-12(2)8-9-22-16(25)11-27-19(26)17-13(3)23-24(18(17)21)10-14-6-4-5-7-15(14)20/h4-7,12H,8-11H2,1-3H3,(H,22,25). The molecule has 6 nitrogen and oxygen atoms in total. The minimum absolute atomic E-state index is 0.151. The Morgan fingerprint density at radius 3 is 2.63 bits per heavy atom. The Kier molecular flexibility index (Phi) is 7.68. The van der Waals surface area contributed by atoms with Gasteiger partial charge in [0.1, 0.15) is 10.7 Å². The number of benzene rings is 1. The Hall–Kier alpha value is -2.05. The van der Waals surface area contributed by atoms with E-state index in [1.807, 2.05) is 18.2 Å². The molecule has 1 N–H and O–H groups in total. The summed E-state index contributed by atoms with van der Waals surface area (Å²) < 4.78 is 6.57. The molecule has 0 spiro atoms. The van der Waals surface area contributed by atoms with E-state index in [4.69, 9.17) is 27.9 Å². The third-order valence-electron chi connectivity index (χ3n) is 3.93. The maximum absolute atomic E-state index is 12.3. The van der Waals surface area contributed by atoms with E-state index < -0.39 is 5.97 Å². The Labute approximate surface area is 168 Å². The number of aryl methyl sites for hydroxylation is 1. The molecule has 27 heavy (non-hydrogen) atoms. The summed E-state index contributed by atoms with van der Waals surface area (Å²) in [6.07, 6.45) is 0.861. The van der Waals surface area contributed by atoms with Crippen LogP contribution in [0.2, 0.25) is 10.2 Å². The van der Waals surface area contributed by atoms with Crippen molar-refractivity contribution in [2.45, 2.75) is 33.7 Å². The number of nitrogens with one attached hydrogen (secondary N) is 1. The highest BCUT2D eigenvalue weighted by Crippen LogP contribution is 2.24. The van der Waals surface area contributed by atoms with E-state index >= 15 is 0 Å². The monoisotopic (exact) mass is 411 g/mol. The molecule has 0 bridgehead atoms. The van der Waals surface area contributed by atoms with Gasteiger partial charge in [0.2, 0.25) is 0 Å². The van der Waals surface area contributed by atoms with Gasteiger partial charge in [-0.3, -0.25) is 4.79 Å². The first-order valence-corrected chi connectivity index (χ1v) is 9.45. The minimum Gasteiger partial charge on any atom is -0.452 e. The van der Waals surface area contributed by atoms with Gasteiger partial charge in [-0.2, -0.15) is 5.10 Å². The van der Waals surface area contributed by atoms with E-state index in [2.05, 4.69) is 24.3 Å². The van der Waals surface area contributed by atoms with Gasteiger partial charge < -0.3 is 10.1 Å². The molecule has 0 saturated carbocycles. The van der Waals surface area contributed by atoms with Gasteiger partial charge in [0, 0.05) is 11.6 Å². The lowest BCUT2D eigenvalue weighted by Gasteiger charge is -2.08. The van der Waals surface area contributed by atoms with Crippen molar-refractivity contribution >= 4 is 35.1 Å². The van der Waals surface area contributed by atoms with Gasteiger partial charge in [0.15, 0.2) is 6.61 Å². The number of esters is 1. The Morgan fingerprint density at radius 2 is 1.96 bits per heavy atom. The zero-order chi connectivity index (χ0) is 20.0. The number of halogens is 2. The van der Waals surface area contributed by atoms with Crippen LogP contribution in [0.3, 0.4) is 0 Å². The second kappa shape index (κ2) is 9.76. The molecule has 0 fully saturated rings. The van der Waals surface area contributed by atoms with Crippen LogP contribution in [0.15, 0.2) is 24.3 Å². The fourth-order valence-electron chi connectivity index (χ4n) is 2.43. The highest BCUT2D eigenvalue weighted by molar-refractivity contribution is 6.33. The molecule has 1 aromatic carbocycles. The summed E-state index contributed by atoms with van der Waals surface area (Å²) in [6, 6.07) is 7.32. The lowest BCUT2D eigenvalue weighted by atomic mass is 10.1. The van der Waals surface area contributed by atoms with Gasteiger partial charge in [0.05, 0.1) is 12.2 Å². The maximum atomic E-state index is 12.3. The first-order valence-electron chi connectivity index (χ1n) is 8.69. The van der Waals surface area contributed by atoms with Crippen LogP contribution in [0.5, 0.6) is 0 Å². The number of carbonyl (C=O) groups is 2. The number of hydrogen-bond donors (Lipinski definition) is 1. The van der Waals surface area contributed by atoms with Crippen molar-refractivity contribution < 1.29 is 14.3 Å². The van der Waals surface area contributed by atoms with Crippen molar-refractivity contribution in [1.29, 1.82) is 0 Å². The number of hydrogen-bond acceptors (Lipinski definition) is 4. The van der Waals surface area contributed by atoms with Crippen LogP contribution in [0.4, 0.5) is 0 Å². The molecule has 2 aromatic rings. The molecule has 1 heterocycles. The van der Waals surface area contributed by atoms with E-state index in [1.165, 1.54) is 4.68 Å². The molecule has 0 aliphatic carbocycles. The Bertz CT molecular complexity index is 819. The van der Waals surface area contributed by atoms with Gasteiger partial charge in [-0.15, -0.1) is 0 Å². The van der Waals surface area contributed by atoms with E-state index in [1.54, 1.807) is 13.0 Å². The molecule has 0 saturated heterocycles. The van der Waals surface area contributed by atoms with Gasteiger partial charge in [-0.1, -0.05) is 55.2 Å². The maximum Gasteiger partial charge on any atom is 0.343 e. The summed E-state index contributed by atoms with van der Waals surface area (Å²) in [5, 5.41) is 7.74. The largest absolute Gasteiger partial charge is 0.452 e. The van der Waals surface area contributed by atoms with Crippen molar-refractivity contribution in [1.82, 2.24) is 15.1 Å². The summed E-state index contributed by atoms with van der Waals surface area (Å²) in [5.74, 6) is -0.540. The number of nitrogens with zero attached hydrogens (tertiary/aromatic N) is 2. The molecule has 0 radical (unpaired) electrons. The van der Waals surface area contributed by atoms with E-state index in [0.29, 0.717) is 29.7 Å². The lowest BCUT2D eigenvalue weighted by Crippen LogP contribution is -2.30. The third kappa shape index (κ3) is 5.97. The zero-order valence-corrected chi connectivity index (χ0v) is 17.1. The quantitative estimate of drug-likeness (QED) is 0.669. The van der Waals surface area contributed by atoms with E-state index in [9.17, 15) is 9.59 Å². The van der Waals surface area contributed by atoms with Crippen LogP contribution in [-0.2, 0) is 16.1 Å². The van der Waals surface area contributed by atoms with Gasteiger partial charge in [-0.25, -0.2) is 9.48 Å². The number of ether oxygens (including phenoxy) is 1. The van der Waals surface area contributed by atoms with Crippen LogP contribution in [0.25, 0.3) is 0 Å². The first-order chi connectivity index (χ1) is 12.8. The van der Waals surface area contributed by atoms with Gasteiger partial charge in [-0.05, 0) is 30.9 Å². The molecular formula is C19H23Cl2N3O3. The van der Waals surface area contributed by atoms with Crippen LogP contribution >= 0.6 is 23.2 Å². The summed E-state index contributed by atoms with van der Waals surface area (Å²) >= 11 is 12.5. The smallest absolute Gasteiger partial charge is 0.343 e. The summed E-state index contributed by atoms with van der Waals surface area (Å²) in [7, 11) is 0. The van der Waals surface area contributed by atoms with Crippen LogP contribution in [-0.4, -0.2) is 34.8 Å². The number of rotatable bonds is 8.